The van der Waals surface area contributed by atoms with Crippen LogP contribution < -0.4 is 5.32 Å². The van der Waals surface area contributed by atoms with Crippen molar-refractivity contribution < 1.29 is 36.6 Å². The van der Waals surface area contributed by atoms with Crippen LogP contribution in [0.3, 0.4) is 0 Å². The second kappa shape index (κ2) is 9.52. The van der Waals surface area contributed by atoms with E-state index in [0.29, 0.717) is 19.4 Å². The van der Waals surface area contributed by atoms with Gasteiger partial charge in [0.15, 0.2) is 21.5 Å². The summed E-state index contributed by atoms with van der Waals surface area (Å²) in [4.78, 5) is 25.9. The molecule has 37 heavy (non-hydrogen) atoms. The molecule has 3 aliphatic rings. The number of carbonyl (C=O) groups is 2. The predicted octanol–water partition coefficient (Wildman–Crippen LogP) is 4.02. The van der Waals surface area contributed by atoms with Gasteiger partial charge in [-0.2, -0.15) is 0 Å². The van der Waals surface area contributed by atoms with Gasteiger partial charge in [0, 0.05) is 17.3 Å². The lowest BCUT2D eigenvalue weighted by Crippen LogP contribution is -2.55. The number of hydrogen-bond acceptors (Lipinski definition) is 6. The molecule has 2 aromatic rings. The highest BCUT2D eigenvalue weighted by Gasteiger charge is 2.57. The number of ether oxygens (including phenoxy) is 1. The third kappa shape index (κ3) is 4.68. The van der Waals surface area contributed by atoms with Crippen molar-refractivity contribution in [2.24, 2.45) is 11.8 Å². The maximum atomic E-state index is 13.7. The van der Waals surface area contributed by atoms with Gasteiger partial charge < -0.3 is 20.1 Å². The predicted molar refractivity (Wildman–Crippen MR) is 130 cm³/mol. The first-order valence-corrected chi connectivity index (χ1v) is 13.9. The van der Waals surface area contributed by atoms with Crippen molar-refractivity contribution in [1.82, 2.24) is 4.90 Å². The van der Waals surface area contributed by atoms with Crippen LogP contribution in [0.1, 0.15) is 36.0 Å². The molecule has 2 bridgehead atoms. The summed E-state index contributed by atoms with van der Waals surface area (Å²) in [6.07, 6.45) is 1.19. The normalized spacial score (nSPS) is 27.3. The molecule has 1 aliphatic heterocycles. The zero-order valence-electron chi connectivity index (χ0n) is 19.6. The maximum absolute atomic E-state index is 13.7. The van der Waals surface area contributed by atoms with Gasteiger partial charge in [0.05, 0.1) is 33.9 Å². The van der Waals surface area contributed by atoms with Crippen molar-refractivity contribution in [3.05, 3.63) is 58.6 Å². The molecule has 0 aromatic heterocycles. The number of cyclic esters (lactones) is 1. The molecule has 3 fully saturated rings. The lowest BCUT2D eigenvalue weighted by Gasteiger charge is -2.43. The van der Waals surface area contributed by atoms with E-state index in [1.165, 1.54) is 29.2 Å². The van der Waals surface area contributed by atoms with Crippen LogP contribution >= 0.6 is 11.6 Å². The average Bonchev–Trinajstić information content (AvgIpc) is 3.27. The van der Waals surface area contributed by atoms with Gasteiger partial charge in [-0.15, -0.1) is 0 Å². The molecule has 5 rings (SSSR count). The summed E-state index contributed by atoms with van der Waals surface area (Å²) in [7, 11) is -3.99. The second-order valence-corrected chi connectivity index (χ2v) is 12.5. The topological polar surface area (TPSA) is 113 Å². The Hall–Kier alpha value is -2.76. The summed E-state index contributed by atoms with van der Waals surface area (Å²) in [6.45, 7) is 0.755. The summed E-state index contributed by atoms with van der Waals surface area (Å²) in [5, 5.41) is 13.0. The molecular weight excluding hydrogens is 530 g/mol. The molecular formula is C25H25ClF2N2O6S. The third-order valence-corrected chi connectivity index (χ3v) is 10.4. The monoisotopic (exact) mass is 554 g/mol. The minimum absolute atomic E-state index is 0.00767. The molecule has 2 aliphatic carbocycles. The highest BCUT2D eigenvalue weighted by Crippen LogP contribution is 2.52. The average molecular weight is 555 g/mol. The molecule has 12 heteroatoms. The Morgan fingerprint density at radius 2 is 1.84 bits per heavy atom. The number of anilines is 1. The van der Waals surface area contributed by atoms with Crippen molar-refractivity contribution >= 4 is 39.1 Å². The molecule has 3 unspecified atom stereocenters. The van der Waals surface area contributed by atoms with E-state index in [-0.39, 0.29) is 59.0 Å². The van der Waals surface area contributed by atoms with Crippen molar-refractivity contribution in [2.45, 2.75) is 41.4 Å². The number of sulfone groups is 1. The Kier molecular flexibility index (Phi) is 6.66. The number of amides is 2. The quantitative estimate of drug-likeness (QED) is 0.558. The van der Waals surface area contributed by atoms with E-state index in [1.54, 1.807) is 0 Å². The van der Waals surface area contributed by atoms with Gasteiger partial charge >= 0.3 is 6.09 Å². The van der Waals surface area contributed by atoms with E-state index in [1.807, 2.05) is 0 Å². The van der Waals surface area contributed by atoms with Gasteiger partial charge in [-0.05, 0) is 67.9 Å². The highest BCUT2D eigenvalue weighted by atomic mass is 35.5. The van der Waals surface area contributed by atoms with Crippen LogP contribution in [0, 0.1) is 23.5 Å². The lowest BCUT2D eigenvalue weighted by molar-refractivity contribution is -0.0720. The van der Waals surface area contributed by atoms with Crippen LogP contribution in [0.5, 0.6) is 0 Å². The molecule has 2 saturated carbocycles. The second-order valence-electron chi connectivity index (χ2n) is 9.86. The maximum Gasteiger partial charge on any atom is 0.410 e. The standard InChI is InChI=1S/C25H25ClF2N2O6S/c26-19-5-1-14(23(31)29-17-4-6-20(27)21(28)12-17)9-22(19)37(34,35)18-10-15-2-3-16(11-18)25(15,33)13-30-7-8-36-24(30)32/h1,4-6,9,12,15-16,18,33H,2-3,7-8,10-11,13H2,(H,29,31)/t15-,16?,18?,25?/m0/s1. The zero-order valence-corrected chi connectivity index (χ0v) is 21.2. The largest absolute Gasteiger partial charge is 0.448 e. The van der Waals surface area contributed by atoms with Crippen LogP contribution in [0.4, 0.5) is 19.3 Å². The Morgan fingerprint density at radius 1 is 1.14 bits per heavy atom. The number of β-amino-alcohol motifs (C(OH)–C–C–N with tert-alkyl or cyclic N) is 1. The molecule has 1 heterocycles. The van der Waals surface area contributed by atoms with E-state index < -0.39 is 44.3 Å². The first-order chi connectivity index (χ1) is 17.5. The minimum Gasteiger partial charge on any atom is -0.448 e. The molecule has 8 nitrogen and oxygen atoms in total. The summed E-state index contributed by atoms with van der Waals surface area (Å²) >= 11 is 6.27. The van der Waals surface area contributed by atoms with Gasteiger partial charge in [0.2, 0.25) is 0 Å². The molecule has 2 amide bonds. The number of nitrogens with zero attached hydrogens (tertiary/aromatic N) is 1. The van der Waals surface area contributed by atoms with Crippen LogP contribution in [0.15, 0.2) is 41.3 Å². The molecule has 198 valence electrons. The van der Waals surface area contributed by atoms with Crippen molar-refractivity contribution in [3.8, 4) is 0 Å². The van der Waals surface area contributed by atoms with Crippen molar-refractivity contribution in [2.75, 3.05) is 25.0 Å². The number of benzene rings is 2. The van der Waals surface area contributed by atoms with Gasteiger partial charge in [0.25, 0.3) is 5.91 Å². The van der Waals surface area contributed by atoms with Crippen molar-refractivity contribution in [3.63, 3.8) is 0 Å². The number of fused-ring (bicyclic) bond motifs is 2. The van der Waals surface area contributed by atoms with Gasteiger partial charge in [-0.3, -0.25) is 4.79 Å². The first kappa shape index (κ1) is 25.9. The number of aliphatic hydroxyl groups is 1. The summed E-state index contributed by atoms with van der Waals surface area (Å²) in [5.74, 6) is -3.55. The highest BCUT2D eigenvalue weighted by molar-refractivity contribution is 7.92. The molecule has 0 spiro atoms. The lowest BCUT2D eigenvalue weighted by atomic mass is 9.74. The Labute approximate surface area is 217 Å². The first-order valence-electron chi connectivity index (χ1n) is 11.9. The zero-order chi connectivity index (χ0) is 26.5. The van der Waals surface area contributed by atoms with Gasteiger partial charge in [0.1, 0.15) is 6.61 Å². The summed E-state index contributed by atoms with van der Waals surface area (Å²) < 4.78 is 59.0. The number of rotatable bonds is 6. The number of carbonyl (C=O) groups excluding carboxylic acids is 2. The fourth-order valence-electron chi connectivity index (χ4n) is 5.82. The van der Waals surface area contributed by atoms with Crippen LogP contribution in [-0.2, 0) is 14.6 Å². The molecule has 2 aromatic carbocycles. The number of nitrogens with one attached hydrogen (secondary N) is 1. The minimum atomic E-state index is -3.99. The summed E-state index contributed by atoms with van der Waals surface area (Å²) in [6, 6.07) is 6.70. The number of halogens is 3. The van der Waals surface area contributed by atoms with E-state index >= 15 is 0 Å². The number of hydrogen-bond donors (Lipinski definition) is 2. The van der Waals surface area contributed by atoms with Crippen LogP contribution in [0.25, 0.3) is 0 Å². The fourth-order valence-corrected chi connectivity index (χ4v) is 8.22. The van der Waals surface area contributed by atoms with Gasteiger partial charge in [-0.25, -0.2) is 22.0 Å². The summed E-state index contributed by atoms with van der Waals surface area (Å²) in [5.41, 5.74) is -1.20. The molecule has 4 atom stereocenters. The Morgan fingerprint density at radius 3 is 2.46 bits per heavy atom. The van der Waals surface area contributed by atoms with E-state index in [9.17, 15) is 31.9 Å². The Bertz CT molecular complexity index is 1360. The smallest absolute Gasteiger partial charge is 0.410 e. The van der Waals surface area contributed by atoms with E-state index in [2.05, 4.69) is 5.32 Å². The molecule has 2 N–H and O–H groups in total. The Balaban J connectivity index is 1.35. The fraction of sp³-hybridized carbons (Fsp3) is 0.440. The van der Waals surface area contributed by atoms with Crippen LogP contribution in [0.2, 0.25) is 5.02 Å². The third-order valence-electron chi connectivity index (χ3n) is 7.78. The van der Waals surface area contributed by atoms with Crippen molar-refractivity contribution in [1.29, 1.82) is 0 Å². The molecule has 0 radical (unpaired) electrons. The SMILES string of the molecule is O=C(Nc1ccc(F)c(F)c1)c1ccc(Cl)c(S(=O)(=O)C2CC3CC[C@@H](C2)C3(O)CN2CCOC2=O)c1. The van der Waals surface area contributed by atoms with Crippen LogP contribution in [-0.4, -0.2) is 61.0 Å². The van der Waals surface area contributed by atoms with E-state index in [4.69, 9.17) is 16.3 Å². The van der Waals surface area contributed by atoms with Gasteiger partial charge in [-0.1, -0.05) is 11.6 Å². The molecule has 1 saturated heterocycles. The van der Waals surface area contributed by atoms with E-state index in [0.717, 1.165) is 12.1 Å².